The number of alkyl halides is 3. The van der Waals surface area contributed by atoms with Crippen molar-refractivity contribution in [1.29, 1.82) is 0 Å². The summed E-state index contributed by atoms with van der Waals surface area (Å²) in [4.78, 5) is 16.8. The van der Waals surface area contributed by atoms with Gasteiger partial charge in [-0.05, 0) is 43.2 Å². The van der Waals surface area contributed by atoms with Gasteiger partial charge in [-0.3, -0.25) is 4.57 Å². The molecular formula is C20H18F3N3O2. The lowest BCUT2D eigenvalue weighted by molar-refractivity contribution is -0.137. The second-order valence-electron chi connectivity index (χ2n) is 6.81. The number of fused-ring (bicyclic) bond motifs is 1. The molecule has 1 saturated carbocycles. The SMILES string of the molecule is COC1CC(Nc2nc(=O)n(-c3ccccc3)c3cc(C(F)(F)F)ccc23)C1. The molecule has 0 aliphatic heterocycles. The van der Waals surface area contributed by atoms with Crippen LogP contribution in [0.15, 0.2) is 53.3 Å². The summed E-state index contributed by atoms with van der Waals surface area (Å²) in [7, 11) is 1.63. The van der Waals surface area contributed by atoms with E-state index in [4.69, 9.17) is 4.74 Å². The van der Waals surface area contributed by atoms with E-state index in [0.717, 1.165) is 25.0 Å². The number of anilines is 1. The molecule has 1 N–H and O–H groups in total. The van der Waals surface area contributed by atoms with Gasteiger partial charge >= 0.3 is 11.9 Å². The first kappa shape index (κ1) is 18.5. The smallest absolute Gasteiger partial charge is 0.381 e. The van der Waals surface area contributed by atoms with Crippen LogP contribution in [0.1, 0.15) is 18.4 Å². The summed E-state index contributed by atoms with van der Waals surface area (Å²) < 4.78 is 46.3. The van der Waals surface area contributed by atoms with Gasteiger partial charge < -0.3 is 10.1 Å². The van der Waals surface area contributed by atoms with Crippen molar-refractivity contribution in [3.63, 3.8) is 0 Å². The van der Waals surface area contributed by atoms with Gasteiger partial charge in [0.2, 0.25) is 0 Å². The Kier molecular flexibility index (Phi) is 4.58. The van der Waals surface area contributed by atoms with Crippen LogP contribution >= 0.6 is 0 Å². The quantitative estimate of drug-likeness (QED) is 0.733. The molecule has 0 atom stereocenters. The molecule has 1 aliphatic rings. The summed E-state index contributed by atoms with van der Waals surface area (Å²) in [6, 6.07) is 11.9. The number of methoxy groups -OCH3 is 1. The molecule has 1 fully saturated rings. The minimum Gasteiger partial charge on any atom is -0.381 e. The van der Waals surface area contributed by atoms with Crippen LogP contribution in [0.3, 0.4) is 0 Å². The fraction of sp³-hybridized carbons (Fsp3) is 0.300. The van der Waals surface area contributed by atoms with Crippen molar-refractivity contribution in [1.82, 2.24) is 9.55 Å². The molecule has 0 radical (unpaired) electrons. The maximum absolute atomic E-state index is 13.3. The molecule has 1 aromatic heterocycles. The molecule has 3 aromatic rings. The zero-order chi connectivity index (χ0) is 19.9. The summed E-state index contributed by atoms with van der Waals surface area (Å²) in [5, 5.41) is 3.63. The highest BCUT2D eigenvalue weighted by Gasteiger charge is 2.32. The van der Waals surface area contributed by atoms with E-state index in [9.17, 15) is 18.0 Å². The Hall–Kier alpha value is -2.87. The Bertz CT molecular complexity index is 1060. The summed E-state index contributed by atoms with van der Waals surface area (Å²) in [6.45, 7) is 0. The molecule has 8 heteroatoms. The van der Waals surface area contributed by atoms with E-state index in [1.807, 2.05) is 0 Å². The van der Waals surface area contributed by atoms with E-state index in [1.54, 1.807) is 37.4 Å². The van der Waals surface area contributed by atoms with Crippen molar-refractivity contribution in [2.45, 2.75) is 31.2 Å². The molecule has 0 amide bonds. The predicted octanol–water partition coefficient (Wildman–Crippen LogP) is 3.99. The van der Waals surface area contributed by atoms with Crippen molar-refractivity contribution < 1.29 is 17.9 Å². The lowest BCUT2D eigenvalue weighted by atomic mass is 9.89. The monoisotopic (exact) mass is 389 g/mol. The van der Waals surface area contributed by atoms with Crippen LogP contribution in [-0.4, -0.2) is 28.8 Å². The average Bonchev–Trinajstić information content (AvgIpc) is 2.63. The van der Waals surface area contributed by atoms with E-state index in [1.165, 1.54) is 10.6 Å². The third-order valence-electron chi connectivity index (χ3n) is 5.00. The molecule has 4 rings (SSSR count). The van der Waals surface area contributed by atoms with Gasteiger partial charge in [-0.2, -0.15) is 18.2 Å². The highest BCUT2D eigenvalue weighted by atomic mass is 19.4. The molecular weight excluding hydrogens is 371 g/mol. The van der Waals surface area contributed by atoms with Gasteiger partial charge in [0.05, 0.1) is 22.9 Å². The van der Waals surface area contributed by atoms with Crippen LogP contribution in [0.5, 0.6) is 0 Å². The number of benzene rings is 2. The van der Waals surface area contributed by atoms with Gasteiger partial charge in [-0.25, -0.2) is 4.79 Å². The lowest BCUT2D eigenvalue weighted by Crippen LogP contribution is -2.41. The zero-order valence-corrected chi connectivity index (χ0v) is 15.0. The standard InChI is InChI=1S/C20H18F3N3O2/c1-28-15-10-13(11-15)24-18-16-8-7-12(20(21,22)23)9-17(16)26(19(27)25-18)14-5-3-2-4-6-14/h2-9,13,15H,10-11H2,1H3,(H,24,25,27). The molecule has 1 heterocycles. The van der Waals surface area contributed by atoms with E-state index in [0.29, 0.717) is 16.9 Å². The van der Waals surface area contributed by atoms with E-state index >= 15 is 0 Å². The van der Waals surface area contributed by atoms with Crippen molar-refractivity contribution >= 4 is 16.7 Å². The van der Waals surface area contributed by atoms with Crippen molar-refractivity contribution in [3.8, 4) is 5.69 Å². The Labute approximate surface area is 158 Å². The maximum Gasteiger partial charge on any atom is 0.416 e. The summed E-state index contributed by atoms with van der Waals surface area (Å²) in [5.41, 5.74) is -0.836. The molecule has 0 saturated heterocycles. The average molecular weight is 389 g/mol. The highest BCUT2D eigenvalue weighted by Crippen LogP contribution is 2.34. The summed E-state index contributed by atoms with van der Waals surface area (Å²) >= 11 is 0. The van der Waals surface area contributed by atoms with Crippen LogP contribution in [0.25, 0.3) is 16.6 Å². The first-order valence-electron chi connectivity index (χ1n) is 8.85. The van der Waals surface area contributed by atoms with Crippen LogP contribution in [0.4, 0.5) is 19.0 Å². The summed E-state index contributed by atoms with van der Waals surface area (Å²) in [6.07, 6.45) is -2.86. The number of rotatable bonds is 4. The predicted molar refractivity (Wildman–Crippen MR) is 99.8 cm³/mol. The number of nitrogens with one attached hydrogen (secondary N) is 1. The molecule has 28 heavy (non-hydrogen) atoms. The Morgan fingerprint density at radius 2 is 1.86 bits per heavy atom. The first-order chi connectivity index (χ1) is 13.4. The minimum atomic E-state index is -4.51. The fourth-order valence-corrected chi connectivity index (χ4v) is 3.41. The van der Waals surface area contributed by atoms with Crippen molar-refractivity contribution in [2.75, 3.05) is 12.4 Å². The minimum absolute atomic E-state index is 0.0647. The van der Waals surface area contributed by atoms with E-state index < -0.39 is 17.4 Å². The molecule has 5 nitrogen and oxygen atoms in total. The van der Waals surface area contributed by atoms with Crippen molar-refractivity contribution in [3.05, 3.63) is 64.6 Å². The molecule has 0 unspecified atom stereocenters. The molecule has 1 aliphatic carbocycles. The molecule has 0 spiro atoms. The number of aromatic nitrogens is 2. The molecule has 0 bridgehead atoms. The second kappa shape index (κ2) is 6.94. The number of hydrogen-bond donors (Lipinski definition) is 1. The largest absolute Gasteiger partial charge is 0.416 e. The zero-order valence-electron chi connectivity index (χ0n) is 15.0. The van der Waals surface area contributed by atoms with Gasteiger partial charge in [0.15, 0.2) is 0 Å². The van der Waals surface area contributed by atoms with Gasteiger partial charge in [0, 0.05) is 18.5 Å². The Balaban J connectivity index is 1.88. The van der Waals surface area contributed by atoms with Crippen LogP contribution in [-0.2, 0) is 10.9 Å². The van der Waals surface area contributed by atoms with Gasteiger partial charge in [0.1, 0.15) is 5.82 Å². The lowest BCUT2D eigenvalue weighted by Gasteiger charge is -2.35. The van der Waals surface area contributed by atoms with Gasteiger partial charge in [-0.1, -0.05) is 18.2 Å². The molecule has 2 aromatic carbocycles. The van der Waals surface area contributed by atoms with Crippen molar-refractivity contribution in [2.24, 2.45) is 0 Å². The van der Waals surface area contributed by atoms with Gasteiger partial charge in [0.25, 0.3) is 0 Å². The third-order valence-corrected chi connectivity index (χ3v) is 5.00. The first-order valence-corrected chi connectivity index (χ1v) is 8.85. The molecule has 146 valence electrons. The van der Waals surface area contributed by atoms with Crippen LogP contribution < -0.4 is 11.0 Å². The van der Waals surface area contributed by atoms with Crippen LogP contribution in [0, 0.1) is 0 Å². The number of hydrogen-bond acceptors (Lipinski definition) is 4. The highest BCUT2D eigenvalue weighted by molar-refractivity contribution is 5.91. The number of nitrogens with zero attached hydrogens (tertiary/aromatic N) is 2. The third kappa shape index (κ3) is 3.35. The van der Waals surface area contributed by atoms with Crippen LogP contribution in [0.2, 0.25) is 0 Å². The van der Waals surface area contributed by atoms with E-state index in [2.05, 4.69) is 10.3 Å². The Morgan fingerprint density at radius 1 is 1.14 bits per heavy atom. The van der Waals surface area contributed by atoms with E-state index in [-0.39, 0.29) is 17.7 Å². The number of halogens is 3. The normalized spacial score (nSPS) is 19.4. The maximum atomic E-state index is 13.3. The van der Waals surface area contributed by atoms with Gasteiger partial charge in [-0.15, -0.1) is 0 Å². The fourth-order valence-electron chi connectivity index (χ4n) is 3.41. The topological polar surface area (TPSA) is 56.1 Å². The number of para-hydroxylation sites is 1. The number of ether oxygens (including phenoxy) is 1. The summed E-state index contributed by atoms with van der Waals surface area (Å²) in [5.74, 6) is 0.292. The second-order valence-corrected chi connectivity index (χ2v) is 6.81. The Morgan fingerprint density at radius 3 is 2.50 bits per heavy atom.